The average Bonchev–Trinajstić information content (AvgIpc) is 3.53. The molecule has 39 heavy (non-hydrogen) atoms. The molecule has 2 aliphatic carbocycles. The van der Waals surface area contributed by atoms with Gasteiger partial charge in [0.2, 0.25) is 5.91 Å². The molecule has 2 aliphatic heterocycles. The number of hydrogen-bond acceptors (Lipinski definition) is 6. The van der Waals surface area contributed by atoms with Crippen LogP contribution in [0.4, 0.5) is 0 Å². The van der Waals surface area contributed by atoms with E-state index in [0.717, 1.165) is 37.2 Å². The van der Waals surface area contributed by atoms with Crippen LogP contribution in [0.2, 0.25) is 0 Å². The number of nitrogens with zero attached hydrogens (tertiary/aromatic N) is 2. The van der Waals surface area contributed by atoms with Gasteiger partial charge in [-0.2, -0.15) is 0 Å². The van der Waals surface area contributed by atoms with Crippen LogP contribution in [-0.2, 0) is 26.2 Å². The van der Waals surface area contributed by atoms with Gasteiger partial charge in [-0.3, -0.25) is 14.5 Å². The Morgan fingerprint density at radius 3 is 2.85 bits per heavy atom. The van der Waals surface area contributed by atoms with Crippen molar-refractivity contribution in [3.05, 3.63) is 72.2 Å². The number of ether oxygens (including phenoxy) is 2. The molecular formula is C32H38N2O5. The first-order valence-corrected chi connectivity index (χ1v) is 14.1. The quantitative estimate of drug-likeness (QED) is 0.279. The highest BCUT2D eigenvalue weighted by Crippen LogP contribution is 2.65. The molecule has 1 spiro atoms. The monoisotopic (exact) mass is 530 g/mol. The average molecular weight is 531 g/mol. The number of esters is 1. The van der Waals surface area contributed by atoms with Crippen LogP contribution in [0, 0.1) is 5.92 Å². The molecule has 206 valence electrons. The topological polar surface area (TPSA) is 72.2 Å². The lowest BCUT2D eigenvalue weighted by molar-refractivity contribution is -0.223. The number of benzene rings is 1. The van der Waals surface area contributed by atoms with Gasteiger partial charge in [0, 0.05) is 43.8 Å². The highest BCUT2D eigenvalue weighted by molar-refractivity contribution is 5.92. The van der Waals surface area contributed by atoms with Crippen LogP contribution < -0.4 is 4.74 Å². The molecule has 2 bridgehead atoms. The number of rotatable bonds is 8. The predicted octanol–water partition coefficient (Wildman–Crippen LogP) is 4.76. The molecule has 1 aromatic carbocycles. The van der Waals surface area contributed by atoms with Crippen molar-refractivity contribution in [3.8, 4) is 5.75 Å². The number of hydrogen-bond donors (Lipinski definition) is 0. The van der Waals surface area contributed by atoms with E-state index in [-0.39, 0.29) is 36.0 Å². The van der Waals surface area contributed by atoms with Crippen molar-refractivity contribution >= 4 is 18.0 Å². The Morgan fingerprint density at radius 1 is 1.28 bits per heavy atom. The number of furan rings is 1. The van der Waals surface area contributed by atoms with E-state index < -0.39 is 11.0 Å². The molecule has 1 saturated heterocycles. The molecule has 2 fully saturated rings. The summed E-state index contributed by atoms with van der Waals surface area (Å²) in [6, 6.07) is 8.02. The van der Waals surface area contributed by atoms with E-state index in [1.807, 2.05) is 23.1 Å². The molecule has 1 unspecified atom stereocenters. The summed E-state index contributed by atoms with van der Waals surface area (Å²) in [6.07, 6.45) is 11.3. The Hall–Kier alpha value is -3.32. The molecule has 5 atom stereocenters. The Morgan fingerprint density at radius 2 is 2.13 bits per heavy atom. The zero-order chi connectivity index (χ0) is 27.4. The van der Waals surface area contributed by atoms with E-state index in [1.165, 1.54) is 18.1 Å². The Kier molecular flexibility index (Phi) is 6.45. The number of piperidine rings is 1. The minimum Gasteiger partial charge on any atom is -0.487 e. The number of carbonyl (C=O) groups is 2. The summed E-state index contributed by atoms with van der Waals surface area (Å²) in [5, 5.41) is 0. The summed E-state index contributed by atoms with van der Waals surface area (Å²) < 4.78 is 18.6. The Bertz CT molecular complexity index is 1300. The minimum absolute atomic E-state index is 0.0243. The molecule has 6 rings (SSSR count). The van der Waals surface area contributed by atoms with E-state index in [0.29, 0.717) is 19.4 Å². The van der Waals surface area contributed by atoms with Crippen molar-refractivity contribution in [3.63, 3.8) is 0 Å². The van der Waals surface area contributed by atoms with Crippen LogP contribution in [0.25, 0.3) is 6.08 Å². The normalized spacial score (nSPS) is 30.6. The summed E-state index contributed by atoms with van der Waals surface area (Å²) in [4.78, 5) is 31.0. The zero-order valence-electron chi connectivity index (χ0n) is 23.1. The third kappa shape index (κ3) is 3.88. The fourth-order valence-corrected chi connectivity index (χ4v) is 8.13. The lowest BCUT2D eigenvalue weighted by atomic mass is 9.48. The molecule has 3 heterocycles. The van der Waals surface area contributed by atoms with E-state index in [9.17, 15) is 9.59 Å². The third-order valence-corrected chi connectivity index (χ3v) is 9.30. The first-order valence-electron chi connectivity index (χ1n) is 14.1. The van der Waals surface area contributed by atoms with Gasteiger partial charge in [-0.1, -0.05) is 32.1 Å². The van der Waals surface area contributed by atoms with E-state index >= 15 is 0 Å². The zero-order valence-corrected chi connectivity index (χ0v) is 23.1. The lowest BCUT2D eigenvalue weighted by Crippen LogP contribution is -2.79. The van der Waals surface area contributed by atoms with Crippen molar-refractivity contribution in [1.29, 1.82) is 0 Å². The fourth-order valence-electron chi connectivity index (χ4n) is 8.13. The van der Waals surface area contributed by atoms with Crippen molar-refractivity contribution in [2.75, 3.05) is 19.6 Å². The van der Waals surface area contributed by atoms with Crippen LogP contribution >= 0.6 is 0 Å². The van der Waals surface area contributed by atoms with Gasteiger partial charge in [-0.05, 0) is 55.4 Å². The van der Waals surface area contributed by atoms with Crippen LogP contribution in [0.3, 0.4) is 0 Å². The maximum absolute atomic E-state index is 13.8. The minimum atomic E-state index is -0.722. The molecule has 0 N–H and O–H groups in total. The molecule has 7 nitrogen and oxygen atoms in total. The maximum atomic E-state index is 13.8. The third-order valence-electron chi connectivity index (χ3n) is 9.30. The van der Waals surface area contributed by atoms with Gasteiger partial charge < -0.3 is 18.8 Å². The predicted molar refractivity (Wildman–Crippen MR) is 148 cm³/mol. The van der Waals surface area contributed by atoms with Crippen LogP contribution in [-0.4, -0.2) is 65.1 Å². The van der Waals surface area contributed by atoms with Gasteiger partial charge in [0.05, 0.1) is 30.0 Å². The summed E-state index contributed by atoms with van der Waals surface area (Å²) in [5.41, 5.74) is 2.07. The molecule has 1 aromatic heterocycles. The lowest BCUT2D eigenvalue weighted by Gasteiger charge is -2.65. The molecule has 2 aromatic rings. The van der Waals surface area contributed by atoms with Gasteiger partial charge in [0.1, 0.15) is 17.5 Å². The van der Waals surface area contributed by atoms with Crippen molar-refractivity contribution in [2.24, 2.45) is 5.92 Å². The first-order chi connectivity index (χ1) is 18.8. The highest BCUT2D eigenvalue weighted by Gasteiger charge is 2.75. The number of likely N-dealkylation sites (tertiary alicyclic amines) is 1. The molecule has 1 amide bonds. The molecular weight excluding hydrogens is 492 g/mol. The fraction of sp³-hybridized carbons (Fsp3) is 0.500. The molecule has 0 radical (unpaired) electrons. The van der Waals surface area contributed by atoms with Crippen molar-refractivity contribution in [1.82, 2.24) is 9.80 Å². The Balaban J connectivity index is 1.47. The largest absolute Gasteiger partial charge is 0.487 e. The second kappa shape index (κ2) is 9.70. The summed E-state index contributed by atoms with van der Waals surface area (Å²) >= 11 is 0. The van der Waals surface area contributed by atoms with E-state index in [1.54, 1.807) is 24.7 Å². The molecule has 4 aliphatic rings. The standard InChI is InChI=1S/C32H38N2O5/c1-5-15-33-16-14-31-29-24-7-6-8-26(29)38-30(31)25(11-13-32(31,27(33)18-24)39-22(4)35)34(19-21(2)3)28(36)10-9-23-12-17-37-20-23/h5-10,12,17,20-21,25,27,30H,1,11,13-16,18-19H2,2-4H3/b10-9+/t25-,27-,30+,31+,32?/m1/s1. The van der Waals surface area contributed by atoms with Crippen LogP contribution in [0.1, 0.15) is 56.7 Å². The van der Waals surface area contributed by atoms with Crippen molar-refractivity contribution < 1.29 is 23.5 Å². The highest BCUT2D eigenvalue weighted by atomic mass is 16.6. The molecule has 1 saturated carbocycles. The second-order valence-corrected chi connectivity index (χ2v) is 11.9. The van der Waals surface area contributed by atoms with Gasteiger partial charge in [0.25, 0.3) is 0 Å². The maximum Gasteiger partial charge on any atom is 0.303 e. The molecule has 7 heteroatoms. The summed E-state index contributed by atoms with van der Waals surface area (Å²) in [7, 11) is 0. The van der Waals surface area contributed by atoms with E-state index in [4.69, 9.17) is 13.9 Å². The number of carbonyl (C=O) groups excluding carboxylic acids is 2. The second-order valence-electron chi connectivity index (χ2n) is 11.9. The van der Waals surface area contributed by atoms with Gasteiger partial charge >= 0.3 is 5.97 Å². The first kappa shape index (κ1) is 25.9. The van der Waals surface area contributed by atoms with Crippen molar-refractivity contribution in [2.45, 2.75) is 75.7 Å². The smallest absolute Gasteiger partial charge is 0.303 e. The summed E-state index contributed by atoms with van der Waals surface area (Å²) in [5.74, 6) is 0.856. The van der Waals surface area contributed by atoms with Gasteiger partial charge in [0.15, 0.2) is 0 Å². The summed E-state index contributed by atoms with van der Waals surface area (Å²) in [6.45, 7) is 12.0. The van der Waals surface area contributed by atoms with Crippen LogP contribution in [0.15, 0.2) is 59.9 Å². The SMILES string of the molecule is C=CCN1CC[C@]23c4c5cccc4O[C@H]2[C@H](N(CC(C)C)C(=O)/C=C/c2ccoc2)CCC3(OC(C)=O)[C@H]1C5. The Labute approximate surface area is 230 Å². The number of amides is 1. The van der Waals surface area contributed by atoms with E-state index in [2.05, 4.69) is 37.5 Å². The van der Waals surface area contributed by atoms with Gasteiger partial charge in [-0.15, -0.1) is 6.58 Å². The van der Waals surface area contributed by atoms with Crippen LogP contribution in [0.5, 0.6) is 5.75 Å². The van der Waals surface area contributed by atoms with Gasteiger partial charge in [-0.25, -0.2) is 0 Å².